The van der Waals surface area contributed by atoms with Crippen molar-refractivity contribution in [2.24, 2.45) is 11.8 Å². The molecule has 8 heteroatoms. The number of allylic oxidation sites excluding steroid dienone is 2. The molecular weight excluding hydrogens is 314 g/mol. The van der Waals surface area contributed by atoms with E-state index in [9.17, 15) is 23.1 Å². The van der Waals surface area contributed by atoms with Crippen LogP contribution in [0, 0.1) is 11.8 Å². The Kier molecular flexibility index (Phi) is 4.98. The monoisotopic (exact) mass is 333 g/mol. The normalized spacial score (nSPS) is 30.1. The van der Waals surface area contributed by atoms with Crippen molar-refractivity contribution in [1.29, 1.82) is 0 Å². The fourth-order valence-electron chi connectivity index (χ4n) is 2.76. The highest BCUT2D eigenvalue weighted by Crippen LogP contribution is 2.30. The number of hydrogen-bond donors (Lipinski definition) is 1. The molecule has 0 saturated carbocycles. The van der Waals surface area contributed by atoms with Crippen LogP contribution in [0.3, 0.4) is 0 Å². The van der Waals surface area contributed by atoms with Gasteiger partial charge in [-0.3, -0.25) is 9.59 Å². The molecule has 1 unspecified atom stereocenters. The summed E-state index contributed by atoms with van der Waals surface area (Å²) in [5.41, 5.74) is 0. The van der Waals surface area contributed by atoms with Crippen LogP contribution in [0.1, 0.15) is 12.8 Å². The molecule has 1 fully saturated rings. The van der Waals surface area contributed by atoms with Crippen molar-refractivity contribution in [2.75, 3.05) is 24.3 Å². The van der Waals surface area contributed by atoms with Gasteiger partial charge in [-0.25, -0.2) is 8.42 Å². The van der Waals surface area contributed by atoms with Crippen molar-refractivity contribution in [1.82, 2.24) is 4.90 Å². The Morgan fingerprint density at radius 1 is 1.24 bits per heavy atom. The Hall–Kier alpha value is -1.02. The van der Waals surface area contributed by atoms with E-state index in [0.29, 0.717) is 30.9 Å². The minimum Gasteiger partial charge on any atom is -0.481 e. The van der Waals surface area contributed by atoms with Crippen molar-refractivity contribution in [3.63, 3.8) is 0 Å². The lowest BCUT2D eigenvalue weighted by molar-refractivity contribution is -0.150. The molecule has 118 valence electrons. The summed E-state index contributed by atoms with van der Waals surface area (Å²) in [4.78, 5) is 25.4. The van der Waals surface area contributed by atoms with E-state index in [-0.39, 0.29) is 5.91 Å². The van der Waals surface area contributed by atoms with Crippen LogP contribution in [0.5, 0.6) is 0 Å². The number of rotatable bonds is 3. The lowest BCUT2D eigenvalue weighted by Gasteiger charge is -2.37. The molecule has 0 bridgehead atoms. The highest BCUT2D eigenvalue weighted by Gasteiger charge is 2.41. The Labute approximate surface area is 128 Å². The van der Waals surface area contributed by atoms with Crippen molar-refractivity contribution in [3.8, 4) is 0 Å². The molecule has 1 saturated heterocycles. The zero-order valence-corrected chi connectivity index (χ0v) is 13.4. The van der Waals surface area contributed by atoms with Gasteiger partial charge in [-0.2, -0.15) is 11.8 Å². The summed E-state index contributed by atoms with van der Waals surface area (Å²) >= 11 is 1.50. The molecule has 2 aliphatic rings. The molecule has 3 atom stereocenters. The first kappa shape index (κ1) is 16.4. The number of hydrogen-bond acceptors (Lipinski definition) is 5. The SMILES string of the molecule is CS(=O)(=O)C1CSCCN1C(=O)[C@@H]1CC=CC[C@@H]1C(=O)O. The van der Waals surface area contributed by atoms with Crippen molar-refractivity contribution >= 4 is 33.5 Å². The molecule has 1 amide bonds. The van der Waals surface area contributed by atoms with Gasteiger partial charge in [-0.1, -0.05) is 12.2 Å². The lowest BCUT2D eigenvalue weighted by Crippen LogP contribution is -2.53. The van der Waals surface area contributed by atoms with Crippen molar-refractivity contribution < 1.29 is 23.1 Å². The van der Waals surface area contributed by atoms with Gasteiger partial charge in [-0.15, -0.1) is 0 Å². The van der Waals surface area contributed by atoms with Gasteiger partial charge in [0, 0.05) is 24.3 Å². The topological polar surface area (TPSA) is 91.8 Å². The van der Waals surface area contributed by atoms with Crippen LogP contribution in [0.15, 0.2) is 12.2 Å². The van der Waals surface area contributed by atoms with Gasteiger partial charge < -0.3 is 10.0 Å². The zero-order valence-electron chi connectivity index (χ0n) is 11.8. The third-order valence-corrected chi connectivity index (χ3v) is 6.57. The summed E-state index contributed by atoms with van der Waals surface area (Å²) in [5.74, 6) is -1.75. The first-order valence-electron chi connectivity index (χ1n) is 6.77. The molecule has 6 nitrogen and oxygen atoms in total. The molecule has 0 aromatic carbocycles. The lowest BCUT2D eigenvalue weighted by atomic mass is 9.82. The van der Waals surface area contributed by atoms with Crippen LogP contribution in [0.25, 0.3) is 0 Å². The van der Waals surface area contributed by atoms with E-state index in [0.717, 1.165) is 6.26 Å². The van der Waals surface area contributed by atoms with Crippen molar-refractivity contribution in [2.45, 2.75) is 18.2 Å². The number of amides is 1. The van der Waals surface area contributed by atoms with Gasteiger partial charge in [0.2, 0.25) is 5.91 Å². The molecule has 1 heterocycles. The Bertz CT molecular complexity index is 557. The molecule has 0 spiro atoms. The van der Waals surface area contributed by atoms with Gasteiger partial charge in [0.25, 0.3) is 0 Å². The standard InChI is InChI=1S/C13H19NO5S2/c1-21(18,19)11-8-20-7-6-14(11)12(15)9-4-2-3-5-10(9)13(16)17/h2-3,9-11H,4-8H2,1H3,(H,16,17)/t9-,10+,11?/m1/s1. The Morgan fingerprint density at radius 3 is 2.43 bits per heavy atom. The molecule has 0 aromatic rings. The number of nitrogens with zero attached hydrogens (tertiary/aromatic N) is 1. The second-order valence-electron chi connectivity index (χ2n) is 5.38. The summed E-state index contributed by atoms with van der Waals surface area (Å²) in [6.45, 7) is 0.355. The first-order chi connectivity index (χ1) is 9.82. The number of aliphatic carboxylic acids is 1. The third kappa shape index (κ3) is 3.60. The molecule has 1 aliphatic heterocycles. The largest absolute Gasteiger partial charge is 0.481 e. The number of sulfone groups is 1. The second-order valence-corrected chi connectivity index (χ2v) is 8.74. The molecular formula is C13H19NO5S2. The average molecular weight is 333 g/mol. The Balaban J connectivity index is 2.24. The molecule has 1 N–H and O–H groups in total. The van der Waals surface area contributed by atoms with Crippen molar-refractivity contribution in [3.05, 3.63) is 12.2 Å². The number of carbonyl (C=O) groups is 2. The van der Waals surface area contributed by atoms with Crippen LogP contribution >= 0.6 is 11.8 Å². The fourth-order valence-corrected chi connectivity index (χ4v) is 5.58. The van der Waals surface area contributed by atoms with E-state index in [1.54, 1.807) is 12.2 Å². The predicted molar refractivity (Wildman–Crippen MR) is 80.7 cm³/mol. The molecule has 2 rings (SSSR count). The maximum absolute atomic E-state index is 12.7. The number of carboxylic acid groups (broad SMARTS) is 1. The van der Waals surface area contributed by atoms with E-state index in [1.807, 2.05) is 0 Å². The van der Waals surface area contributed by atoms with E-state index < -0.39 is 33.0 Å². The highest BCUT2D eigenvalue weighted by atomic mass is 32.2. The predicted octanol–water partition coefficient (Wildman–Crippen LogP) is 0.599. The average Bonchev–Trinajstić information content (AvgIpc) is 2.45. The van der Waals surface area contributed by atoms with Crippen LogP contribution in [0.4, 0.5) is 0 Å². The second kappa shape index (κ2) is 6.39. The summed E-state index contributed by atoms with van der Waals surface area (Å²) in [6, 6.07) is 0. The van der Waals surface area contributed by atoms with Gasteiger partial charge in [-0.05, 0) is 12.8 Å². The van der Waals surface area contributed by atoms with Gasteiger partial charge in [0.05, 0.1) is 11.8 Å². The smallest absolute Gasteiger partial charge is 0.307 e. The van der Waals surface area contributed by atoms with E-state index in [4.69, 9.17) is 0 Å². The maximum Gasteiger partial charge on any atom is 0.307 e. The molecule has 21 heavy (non-hydrogen) atoms. The Morgan fingerprint density at radius 2 is 1.86 bits per heavy atom. The van der Waals surface area contributed by atoms with Crippen LogP contribution in [-0.2, 0) is 19.4 Å². The highest BCUT2D eigenvalue weighted by molar-refractivity contribution is 8.00. The minimum atomic E-state index is -3.38. The third-order valence-electron chi connectivity index (χ3n) is 3.93. The molecule has 0 radical (unpaired) electrons. The number of carbonyl (C=O) groups excluding carboxylic acids is 1. The van der Waals surface area contributed by atoms with Crippen LogP contribution < -0.4 is 0 Å². The minimum absolute atomic E-state index is 0.317. The summed E-state index contributed by atoms with van der Waals surface area (Å²) in [6.07, 6.45) is 5.37. The molecule has 0 aromatic heterocycles. The quantitative estimate of drug-likeness (QED) is 0.761. The van der Waals surface area contributed by atoms with Gasteiger partial charge in [0.1, 0.15) is 5.37 Å². The fraction of sp³-hybridized carbons (Fsp3) is 0.692. The zero-order chi connectivity index (χ0) is 15.6. The summed E-state index contributed by atoms with van der Waals surface area (Å²) in [7, 11) is -3.38. The summed E-state index contributed by atoms with van der Waals surface area (Å²) < 4.78 is 23.7. The maximum atomic E-state index is 12.7. The van der Waals surface area contributed by atoms with Crippen LogP contribution in [0.2, 0.25) is 0 Å². The van der Waals surface area contributed by atoms with E-state index >= 15 is 0 Å². The van der Waals surface area contributed by atoms with E-state index in [1.165, 1.54) is 16.7 Å². The molecule has 1 aliphatic carbocycles. The first-order valence-corrected chi connectivity index (χ1v) is 9.88. The van der Waals surface area contributed by atoms with E-state index in [2.05, 4.69) is 0 Å². The van der Waals surface area contributed by atoms with Gasteiger partial charge >= 0.3 is 5.97 Å². The summed E-state index contributed by atoms with van der Waals surface area (Å²) in [5, 5.41) is 8.41. The number of thioether (sulfide) groups is 1. The van der Waals surface area contributed by atoms with Gasteiger partial charge in [0.15, 0.2) is 9.84 Å². The number of carboxylic acids is 1. The van der Waals surface area contributed by atoms with Crippen LogP contribution in [-0.4, -0.2) is 60.0 Å².